The highest BCUT2D eigenvalue weighted by Crippen LogP contribution is 2.36. The average molecular weight is 430 g/mol. The zero-order chi connectivity index (χ0) is 22.1. The molecular formula is C26H23FN2O3. The Hall–Kier alpha value is -3.64. The normalized spacial score (nSPS) is 18.3. The maximum absolute atomic E-state index is 13.2. The molecule has 0 aromatic heterocycles. The summed E-state index contributed by atoms with van der Waals surface area (Å²) in [5.74, 6) is -0.327. The van der Waals surface area contributed by atoms with Gasteiger partial charge in [-0.25, -0.2) is 4.39 Å². The molecule has 5 rings (SSSR count). The number of amides is 1. The molecule has 3 aromatic carbocycles. The number of benzene rings is 3. The fourth-order valence-corrected chi connectivity index (χ4v) is 4.22. The van der Waals surface area contributed by atoms with Crippen molar-refractivity contribution in [1.82, 2.24) is 10.2 Å². The smallest absolute Gasteiger partial charge is 0.258 e. The first-order chi connectivity index (χ1) is 15.6. The second-order valence-corrected chi connectivity index (χ2v) is 8.09. The van der Waals surface area contributed by atoms with Gasteiger partial charge in [-0.15, -0.1) is 0 Å². The van der Waals surface area contributed by atoms with Crippen molar-refractivity contribution in [2.24, 2.45) is 0 Å². The van der Waals surface area contributed by atoms with E-state index in [-0.39, 0.29) is 23.2 Å². The van der Waals surface area contributed by atoms with Crippen LogP contribution in [0, 0.1) is 5.82 Å². The maximum Gasteiger partial charge on any atom is 0.258 e. The van der Waals surface area contributed by atoms with Crippen LogP contribution in [0.15, 0.2) is 72.8 Å². The largest absolute Gasteiger partial charge is 0.504 e. The fraction of sp³-hybridized carbons (Fsp3) is 0.192. The summed E-state index contributed by atoms with van der Waals surface area (Å²) >= 11 is 0. The third kappa shape index (κ3) is 4.09. The van der Waals surface area contributed by atoms with E-state index in [1.54, 1.807) is 12.1 Å². The number of phenolic OH excluding ortho intramolecular Hbond substituents is 1. The van der Waals surface area contributed by atoms with Crippen LogP contribution in [0.2, 0.25) is 0 Å². The minimum absolute atomic E-state index is 0.0458. The number of hydrogen-bond donors (Lipinski definition) is 2. The van der Waals surface area contributed by atoms with E-state index in [1.165, 1.54) is 23.8 Å². The topological polar surface area (TPSA) is 61.8 Å². The molecule has 1 unspecified atom stereocenters. The van der Waals surface area contributed by atoms with Crippen LogP contribution in [0.3, 0.4) is 0 Å². The first kappa shape index (κ1) is 20.3. The number of phenols is 1. The number of carbonyl (C=O) groups is 1. The zero-order valence-electron chi connectivity index (χ0n) is 17.4. The van der Waals surface area contributed by atoms with Crippen molar-refractivity contribution in [3.8, 4) is 11.5 Å². The van der Waals surface area contributed by atoms with Gasteiger partial charge in [0.1, 0.15) is 5.82 Å². The van der Waals surface area contributed by atoms with Crippen molar-refractivity contribution >= 4 is 11.5 Å². The number of ether oxygens (including phenoxy) is 1. The molecule has 0 spiro atoms. The molecule has 1 atom stereocenters. The number of hydrogen-bond acceptors (Lipinski definition) is 4. The number of para-hydroxylation sites is 1. The summed E-state index contributed by atoms with van der Waals surface area (Å²) in [4.78, 5) is 14.8. The Balaban J connectivity index is 1.28. The van der Waals surface area contributed by atoms with E-state index in [9.17, 15) is 14.3 Å². The van der Waals surface area contributed by atoms with Gasteiger partial charge in [-0.05, 0) is 53.5 Å². The van der Waals surface area contributed by atoms with Crippen LogP contribution in [-0.2, 0) is 6.54 Å². The van der Waals surface area contributed by atoms with Gasteiger partial charge < -0.3 is 15.2 Å². The standard InChI is InChI=1S/C26H23FN2O3/c27-21-9-7-18(8-10-21)19-11-13-29(14-12-19)16-17-3-1-4-20(15-17)26-28-25(31)22-5-2-6-23(30)24(22)32-26/h1-11,15,26,30H,12-14,16H2,(H,28,31). The molecule has 2 heterocycles. The second-order valence-electron chi connectivity index (χ2n) is 8.09. The van der Waals surface area contributed by atoms with Crippen molar-refractivity contribution in [1.29, 1.82) is 0 Å². The lowest BCUT2D eigenvalue weighted by Crippen LogP contribution is -2.37. The molecule has 2 N–H and O–H groups in total. The Kier molecular flexibility index (Phi) is 5.37. The molecular weight excluding hydrogens is 407 g/mol. The summed E-state index contributed by atoms with van der Waals surface area (Å²) in [5.41, 5.74) is 4.58. The van der Waals surface area contributed by atoms with Gasteiger partial charge >= 0.3 is 0 Å². The Morgan fingerprint density at radius 1 is 1.09 bits per heavy atom. The van der Waals surface area contributed by atoms with E-state index < -0.39 is 6.23 Å². The number of rotatable bonds is 4. The highest BCUT2D eigenvalue weighted by molar-refractivity contribution is 5.98. The SMILES string of the molecule is O=C1NC(c2cccc(CN3CC=C(c4ccc(F)cc4)CC3)c2)Oc2c(O)cccc21. The van der Waals surface area contributed by atoms with Crippen LogP contribution in [0.4, 0.5) is 4.39 Å². The number of halogens is 1. The molecule has 2 aliphatic heterocycles. The quantitative estimate of drug-likeness (QED) is 0.633. The number of aromatic hydroxyl groups is 1. The third-order valence-electron chi connectivity index (χ3n) is 5.91. The summed E-state index contributed by atoms with van der Waals surface area (Å²) in [7, 11) is 0. The van der Waals surface area contributed by atoms with E-state index in [0.29, 0.717) is 5.56 Å². The summed E-state index contributed by atoms with van der Waals surface area (Å²) < 4.78 is 19.1. The van der Waals surface area contributed by atoms with E-state index in [0.717, 1.165) is 42.7 Å². The molecule has 0 fully saturated rings. The van der Waals surface area contributed by atoms with Crippen molar-refractivity contribution in [3.05, 3.63) is 101 Å². The highest BCUT2D eigenvalue weighted by Gasteiger charge is 2.28. The van der Waals surface area contributed by atoms with Gasteiger partial charge in [0, 0.05) is 25.2 Å². The van der Waals surface area contributed by atoms with Gasteiger partial charge in [0.05, 0.1) is 5.56 Å². The molecule has 32 heavy (non-hydrogen) atoms. The lowest BCUT2D eigenvalue weighted by molar-refractivity contribution is 0.0746. The molecule has 0 saturated carbocycles. The zero-order valence-corrected chi connectivity index (χ0v) is 17.4. The predicted molar refractivity (Wildman–Crippen MR) is 120 cm³/mol. The highest BCUT2D eigenvalue weighted by atomic mass is 19.1. The number of fused-ring (bicyclic) bond motifs is 1. The van der Waals surface area contributed by atoms with E-state index in [4.69, 9.17) is 4.74 Å². The molecule has 0 aliphatic carbocycles. The third-order valence-corrected chi connectivity index (χ3v) is 5.91. The molecule has 6 heteroatoms. The van der Waals surface area contributed by atoms with Crippen LogP contribution in [0.5, 0.6) is 11.5 Å². The fourth-order valence-electron chi connectivity index (χ4n) is 4.22. The van der Waals surface area contributed by atoms with Crippen LogP contribution in [0.25, 0.3) is 5.57 Å². The number of nitrogens with zero attached hydrogens (tertiary/aromatic N) is 1. The molecule has 1 amide bonds. The van der Waals surface area contributed by atoms with Gasteiger partial charge in [-0.1, -0.05) is 42.5 Å². The van der Waals surface area contributed by atoms with Gasteiger partial charge in [0.15, 0.2) is 17.7 Å². The van der Waals surface area contributed by atoms with Crippen LogP contribution >= 0.6 is 0 Å². The molecule has 0 bridgehead atoms. The summed E-state index contributed by atoms with van der Waals surface area (Å²) in [5, 5.41) is 12.9. The van der Waals surface area contributed by atoms with Gasteiger partial charge in [-0.2, -0.15) is 0 Å². The second kappa shape index (κ2) is 8.48. The van der Waals surface area contributed by atoms with Crippen LogP contribution in [-0.4, -0.2) is 29.0 Å². The molecule has 162 valence electrons. The Bertz CT molecular complexity index is 1190. The molecule has 5 nitrogen and oxygen atoms in total. The molecule has 0 radical (unpaired) electrons. The summed E-state index contributed by atoms with van der Waals surface area (Å²) in [6.45, 7) is 2.49. The lowest BCUT2D eigenvalue weighted by atomic mass is 9.99. The Labute approximate surface area is 185 Å². The number of carbonyl (C=O) groups excluding carboxylic acids is 1. The first-order valence-corrected chi connectivity index (χ1v) is 10.6. The molecule has 0 saturated heterocycles. The monoisotopic (exact) mass is 430 g/mol. The Morgan fingerprint density at radius 2 is 1.91 bits per heavy atom. The summed E-state index contributed by atoms with van der Waals surface area (Å²) in [6, 6.07) is 19.3. The van der Waals surface area contributed by atoms with Crippen molar-refractivity contribution < 1.29 is 19.0 Å². The predicted octanol–water partition coefficient (Wildman–Crippen LogP) is 4.64. The van der Waals surface area contributed by atoms with Gasteiger partial charge in [0.25, 0.3) is 5.91 Å². The lowest BCUT2D eigenvalue weighted by Gasteiger charge is -2.29. The Morgan fingerprint density at radius 3 is 2.69 bits per heavy atom. The molecule has 3 aromatic rings. The van der Waals surface area contributed by atoms with E-state index in [1.807, 2.05) is 30.3 Å². The van der Waals surface area contributed by atoms with Crippen LogP contribution in [0.1, 0.15) is 39.7 Å². The van der Waals surface area contributed by atoms with Gasteiger partial charge in [-0.3, -0.25) is 9.69 Å². The van der Waals surface area contributed by atoms with Crippen LogP contribution < -0.4 is 10.1 Å². The number of nitrogens with one attached hydrogen (secondary N) is 1. The minimum atomic E-state index is -0.658. The van der Waals surface area contributed by atoms with Crippen molar-refractivity contribution in [2.75, 3.05) is 13.1 Å². The van der Waals surface area contributed by atoms with Crippen molar-refractivity contribution in [3.63, 3.8) is 0 Å². The van der Waals surface area contributed by atoms with Crippen molar-refractivity contribution in [2.45, 2.75) is 19.2 Å². The van der Waals surface area contributed by atoms with E-state index in [2.05, 4.69) is 22.4 Å². The van der Waals surface area contributed by atoms with Gasteiger partial charge in [0.2, 0.25) is 0 Å². The molecule has 2 aliphatic rings. The minimum Gasteiger partial charge on any atom is -0.504 e. The summed E-state index contributed by atoms with van der Waals surface area (Å²) in [6.07, 6.45) is 2.45. The van der Waals surface area contributed by atoms with E-state index >= 15 is 0 Å². The average Bonchev–Trinajstić information content (AvgIpc) is 2.81. The first-order valence-electron chi connectivity index (χ1n) is 10.6. The maximum atomic E-state index is 13.2.